The van der Waals surface area contributed by atoms with Gasteiger partial charge in [-0.15, -0.1) is 0 Å². The third-order valence-corrected chi connectivity index (χ3v) is 1.71. The van der Waals surface area contributed by atoms with E-state index in [1.165, 1.54) is 12.1 Å². The molecule has 0 spiro atoms. The topological polar surface area (TPSA) is 107 Å². The fourth-order valence-corrected chi connectivity index (χ4v) is 1.03. The Morgan fingerprint density at radius 1 is 1.19 bits per heavy atom. The van der Waals surface area contributed by atoms with Gasteiger partial charge >= 0.3 is 12.1 Å². The van der Waals surface area contributed by atoms with Crippen molar-refractivity contribution in [2.45, 2.75) is 0 Å². The minimum absolute atomic E-state index is 0.131. The van der Waals surface area contributed by atoms with Gasteiger partial charge in [-0.05, 0) is 12.1 Å². The Hall–Kier alpha value is -2.50. The Morgan fingerprint density at radius 3 is 2.31 bits per heavy atom. The summed E-state index contributed by atoms with van der Waals surface area (Å²) in [4.78, 5) is 21.0. The lowest BCUT2D eigenvalue weighted by Gasteiger charge is -2.03. The molecule has 0 bridgehead atoms. The summed E-state index contributed by atoms with van der Waals surface area (Å²) >= 11 is 0. The summed E-state index contributed by atoms with van der Waals surface area (Å²) < 4.78 is 0. The van der Waals surface area contributed by atoms with Crippen LogP contribution in [0.4, 0.5) is 4.79 Å². The second kappa shape index (κ2) is 4.83. The number of hydrogen-bond acceptors (Lipinski definition) is 3. The van der Waals surface area contributed by atoms with E-state index in [0.717, 1.165) is 6.08 Å². The summed E-state index contributed by atoms with van der Waals surface area (Å²) in [5, 5.41) is 28.2. The van der Waals surface area contributed by atoms with E-state index < -0.39 is 17.8 Å². The van der Waals surface area contributed by atoms with Crippen LogP contribution in [-0.4, -0.2) is 27.4 Å². The van der Waals surface area contributed by atoms with Crippen molar-refractivity contribution in [3.8, 4) is 5.75 Å². The highest BCUT2D eigenvalue weighted by atomic mass is 16.4. The average molecular weight is 223 g/mol. The van der Waals surface area contributed by atoms with Gasteiger partial charge in [0.2, 0.25) is 0 Å². The van der Waals surface area contributed by atoms with Crippen molar-refractivity contribution in [1.82, 2.24) is 5.32 Å². The van der Waals surface area contributed by atoms with Gasteiger partial charge in [0, 0.05) is 5.56 Å². The van der Waals surface area contributed by atoms with E-state index >= 15 is 0 Å². The summed E-state index contributed by atoms with van der Waals surface area (Å²) in [6, 6.07) is 5.98. The van der Waals surface area contributed by atoms with Crippen molar-refractivity contribution in [2.24, 2.45) is 0 Å². The highest BCUT2D eigenvalue weighted by molar-refractivity contribution is 5.95. The number of hydrogen-bond donors (Lipinski definition) is 4. The van der Waals surface area contributed by atoms with Crippen molar-refractivity contribution in [3.63, 3.8) is 0 Å². The molecule has 0 saturated carbocycles. The standard InChI is InChI=1S/C10H9NO5/c12-8-4-2-1-3-6(8)5-7(9(13)14)11-10(15)16/h1-5,11-12H,(H,13,14)(H,15,16). The van der Waals surface area contributed by atoms with Gasteiger partial charge in [0.1, 0.15) is 11.4 Å². The van der Waals surface area contributed by atoms with Gasteiger partial charge in [-0.2, -0.15) is 0 Å². The zero-order chi connectivity index (χ0) is 12.1. The first-order valence-electron chi connectivity index (χ1n) is 4.23. The SMILES string of the molecule is O=C(O)NC(=Cc1ccccc1O)C(=O)O. The minimum atomic E-state index is -1.48. The van der Waals surface area contributed by atoms with Crippen LogP contribution in [0.15, 0.2) is 30.0 Å². The van der Waals surface area contributed by atoms with Crippen molar-refractivity contribution in [2.75, 3.05) is 0 Å². The second-order valence-corrected chi connectivity index (χ2v) is 2.85. The van der Waals surface area contributed by atoms with E-state index in [-0.39, 0.29) is 11.3 Å². The lowest BCUT2D eigenvalue weighted by atomic mass is 10.1. The molecular formula is C10H9NO5. The van der Waals surface area contributed by atoms with Crippen LogP contribution in [0.5, 0.6) is 5.75 Å². The maximum absolute atomic E-state index is 10.7. The number of carboxylic acids is 1. The summed E-state index contributed by atoms with van der Waals surface area (Å²) in [6.07, 6.45) is -0.449. The number of carbonyl (C=O) groups is 2. The number of rotatable bonds is 3. The lowest BCUT2D eigenvalue weighted by Crippen LogP contribution is -2.25. The molecule has 0 fully saturated rings. The molecular weight excluding hydrogens is 214 g/mol. The van der Waals surface area contributed by atoms with Gasteiger partial charge < -0.3 is 15.3 Å². The van der Waals surface area contributed by atoms with Gasteiger partial charge in [-0.3, -0.25) is 5.32 Å². The third-order valence-electron chi connectivity index (χ3n) is 1.71. The molecule has 1 amide bonds. The Bertz CT molecular complexity index is 452. The number of phenolic OH excluding ortho intramolecular Hbond substituents is 1. The minimum Gasteiger partial charge on any atom is -0.507 e. The van der Waals surface area contributed by atoms with Crippen LogP contribution in [0.25, 0.3) is 6.08 Å². The monoisotopic (exact) mass is 223 g/mol. The lowest BCUT2D eigenvalue weighted by molar-refractivity contribution is -0.132. The van der Waals surface area contributed by atoms with Crippen LogP contribution in [0.2, 0.25) is 0 Å². The van der Waals surface area contributed by atoms with Crippen LogP contribution >= 0.6 is 0 Å². The largest absolute Gasteiger partial charge is 0.507 e. The highest BCUT2D eigenvalue weighted by Gasteiger charge is 2.11. The van der Waals surface area contributed by atoms with E-state index in [9.17, 15) is 14.7 Å². The van der Waals surface area contributed by atoms with E-state index in [2.05, 4.69) is 0 Å². The maximum Gasteiger partial charge on any atom is 0.409 e. The van der Waals surface area contributed by atoms with E-state index in [0.29, 0.717) is 0 Å². The predicted octanol–water partition coefficient (Wildman–Crippen LogP) is 1.09. The molecule has 4 N–H and O–H groups in total. The van der Waals surface area contributed by atoms with Gasteiger partial charge in [0.05, 0.1) is 0 Å². The Morgan fingerprint density at radius 2 is 1.81 bits per heavy atom. The molecule has 84 valence electrons. The molecule has 0 heterocycles. The van der Waals surface area contributed by atoms with E-state index in [4.69, 9.17) is 10.2 Å². The first kappa shape index (κ1) is 11.6. The molecule has 1 rings (SSSR count). The maximum atomic E-state index is 10.7. The number of benzene rings is 1. The Labute approximate surface area is 90.5 Å². The highest BCUT2D eigenvalue weighted by Crippen LogP contribution is 2.18. The van der Waals surface area contributed by atoms with Gasteiger partial charge in [-0.1, -0.05) is 18.2 Å². The van der Waals surface area contributed by atoms with Gasteiger partial charge in [0.15, 0.2) is 0 Å². The molecule has 0 radical (unpaired) electrons. The van der Waals surface area contributed by atoms with E-state index in [1.807, 2.05) is 0 Å². The van der Waals surface area contributed by atoms with Crippen molar-refractivity contribution < 1.29 is 24.9 Å². The molecule has 16 heavy (non-hydrogen) atoms. The summed E-state index contributed by atoms with van der Waals surface area (Å²) in [5.41, 5.74) is -0.317. The van der Waals surface area contributed by atoms with Crippen LogP contribution in [0.3, 0.4) is 0 Å². The molecule has 0 atom stereocenters. The smallest absolute Gasteiger partial charge is 0.409 e. The van der Waals surface area contributed by atoms with Gasteiger partial charge in [0.25, 0.3) is 0 Å². The number of aromatic hydroxyl groups is 1. The number of nitrogens with one attached hydrogen (secondary N) is 1. The molecule has 0 aliphatic rings. The number of carboxylic acid groups (broad SMARTS) is 2. The number of aliphatic carboxylic acids is 1. The Kier molecular flexibility index (Phi) is 3.49. The first-order chi connectivity index (χ1) is 7.50. The normalized spacial score (nSPS) is 10.9. The van der Waals surface area contributed by atoms with Crippen molar-refractivity contribution >= 4 is 18.1 Å². The molecule has 1 aromatic carbocycles. The fourth-order valence-electron chi connectivity index (χ4n) is 1.03. The molecule has 0 aliphatic carbocycles. The molecule has 0 unspecified atom stereocenters. The van der Waals surface area contributed by atoms with Crippen molar-refractivity contribution in [3.05, 3.63) is 35.5 Å². The zero-order valence-electron chi connectivity index (χ0n) is 8.04. The summed E-state index contributed by atoms with van der Waals surface area (Å²) in [5.74, 6) is -1.56. The van der Waals surface area contributed by atoms with Crippen LogP contribution < -0.4 is 5.32 Å². The third kappa shape index (κ3) is 3.02. The number of amides is 1. The van der Waals surface area contributed by atoms with Crippen LogP contribution in [0.1, 0.15) is 5.56 Å². The fraction of sp³-hybridized carbons (Fsp3) is 0. The first-order valence-corrected chi connectivity index (χ1v) is 4.23. The molecule has 0 aromatic heterocycles. The van der Waals surface area contributed by atoms with Crippen molar-refractivity contribution in [1.29, 1.82) is 0 Å². The Balaban J connectivity index is 3.07. The molecule has 6 nitrogen and oxygen atoms in total. The summed E-state index contributed by atoms with van der Waals surface area (Å²) in [7, 11) is 0. The number of para-hydroxylation sites is 1. The van der Waals surface area contributed by atoms with Crippen LogP contribution in [0, 0.1) is 0 Å². The van der Waals surface area contributed by atoms with E-state index in [1.54, 1.807) is 17.4 Å². The van der Waals surface area contributed by atoms with Gasteiger partial charge in [-0.25, -0.2) is 9.59 Å². The second-order valence-electron chi connectivity index (χ2n) is 2.85. The predicted molar refractivity (Wildman–Crippen MR) is 54.9 cm³/mol. The molecule has 0 aliphatic heterocycles. The summed E-state index contributed by atoms with van der Waals surface area (Å²) in [6.45, 7) is 0. The van der Waals surface area contributed by atoms with Crippen LogP contribution in [-0.2, 0) is 4.79 Å². The molecule has 6 heteroatoms. The zero-order valence-corrected chi connectivity index (χ0v) is 8.04. The number of phenols is 1. The molecule has 1 aromatic rings. The molecule has 0 saturated heterocycles. The quantitative estimate of drug-likeness (QED) is 0.574. The average Bonchev–Trinajstić information content (AvgIpc) is 2.19.